The van der Waals surface area contributed by atoms with Crippen LogP contribution in [-0.2, 0) is 20.9 Å². The summed E-state index contributed by atoms with van der Waals surface area (Å²) in [4.78, 5) is 56.0. The Morgan fingerprint density at radius 3 is 2.24 bits per heavy atom. The zero-order chi connectivity index (χ0) is 36.3. The molecule has 0 spiro atoms. The number of nitrogens with one attached hydrogen (secondary N) is 3. The van der Waals surface area contributed by atoms with E-state index in [1.54, 1.807) is 93.6 Å². The lowest BCUT2D eigenvalue weighted by atomic mass is 9.98. The molecule has 1 aromatic heterocycles. The SMILES string of the molecule is COc1ccc(CN(CCC(O)C(NC(=O)C(CC(N)=O)NC(=O)c2ccc3ccccc3n2)c2ccccc2)NC(=O)OC(C)(C)C)cc1. The quantitative estimate of drug-likeness (QED) is 0.116. The van der Waals surface area contributed by atoms with Crippen LogP contribution in [0.1, 0.15) is 61.3 Å². The molecule has 4 rings (SSSR count). The summed E-state index contributed by atoms with van der Waals surface area (Å²) in [6.45, 7) is 5.69. The third kappa shape index (κ3) is 11.3. The molecule has 4 aromatic rings. The van der Waals surface area contributed by atoms with Gasteiger partial charge in [-0.25, -0.2) is 14.8 Å². The Balaban J connectivity index is 1.51. The lowest BCUT2D eigenvalue weighted by Gasteiger charge is -2.30. The van der Waals surface area contributed by atoms with Gasteiger partial charge in [-0.3, -0.25) is 19.8 Å². The van der Waals surface area contributed by atoms with E-state index in [4.69, 9.17) is 15.2 Å². The van der Waals surface area contributed by atoms with Crippen molar-refractivity contribution in [1.29, 1.82) is 0 Å². The van der Waals surface area contributed by atoms with Gasteiger partial charge < -0.3 is 30.9 Å². The summed E-state index contributed by atoms with van der Waals surface area (Å²) in [5.74, 6) is -1.53. The number of nitrogens with two attached hydrogens (primary N) is 1. The number of hydrogen-bond acceptors (Lipinski definition) is 9. The monoisotopic (exact) mass is 684 g/mol. The highest BCUT2D eigenvalue weighted by Gasteiger charge is 2.30. The number of hydrogen-bond donors (Lipinski definition) is 5. The van der Waals surface area contributed by atoms with Crippen molar-refractivity contribution in [3.8, 4) is 5.75 Å². The summed E-state index contributed by atoms with van der Waals surface area (Å²) in [7, 11) is 1.57. The predicted molar refractivity (Wildman–Crippen MR) is 188 cm³/mol. The van der Waals surface area contributed by atoms with Crippen LogP contribution < -0.4 is 26.5 Å². The first-order chi connectivity index (χ1) is 23.8. The predicted octanol–water partition coefficient (Wildman–Crippen LogP) is 3.77. The average molecular weight is 685 g/mol. The molecule has 13 heteroatoms. The van der Waals surface area contributed by atoms with E-state index in [1.807, 2.05) is 24.3 Å². The van der Waals surface area contributed by atoms with E-state index in [1.165, 1.54) is 6.07 Å². The minimum atomic E-state index is -1.35. The number of fused-ring (bicyclic) bond motifs is 1. The molecule has 0 fully saturated rings. The van der Waals surface area contributed by atoms with Gasteiger partial charge in [0.25, 0.3) is 5.91 Å². The number of pyridine rings is 1. The molecule has 264 valence electrons. The van der Waals surface area contributed by atoms with Gasteiger partial charge in [0.1, 0.15) is 23.1 Å². The number of primary amides is 1. The number of carbonyl (C=O) groups is 4. The van der Waals surface area contributed by atoms with E-state index in [0.717, 1.165) is 10.9 Å². The smallest absolute Gasteiger partial charge is 0.422 e. The highest BCUT2D eigenvalue weighted by atomic mass is 16.6. The second-order valence-corrected chi connectivity index (χ2v) is 12.7. The summed E-state index contributed by atoms with van der Waals surface area (Å²) < 4.78 is 10.7. The normalized spacial score (nSPS) is 13.2. The van der Waals surface area contributed by atoms with Crippen molar-refractivity contribution >= 4 is 34.7 Å². The van der Waals surface area contributed by atoms with Crippen molar-refractivity contribution in [2.75, 3.05) is 13.7 Å². The van der Waals surface area contributed by atoms with Crippen LogP contribution in [0.25, 0.3) is 10.9 Å². The maximum absolute atomic E-state index is 13.7. The topological polar surface area (TPSA) is 185 Å². The van der Waals surface area contributed by atoms with Crippen molar-refractivity contribution in [2.45, 2.75) is 63.9 Å². The fourth-order valence-corrected chi connectivity index (χ4v) is 5.16. The van der Waals surface area contributed by atoms with Gasteiger partial charge in [-0.2, -0.15) is 0 Å². The number of amides is 4. The molecule has 3 unspecified atom stereocenters. The van der Waals surface area contributed by atoms with Crippen molar-refractivity contribution in [1.82, 2.24) is 26.1 Å². The van der Waals surface area contributed by atoms with Gasteiger partial charge in [0, 0.05) is 18.5 Å². The van der Waals surface area contributed by atoms with Crippen LogP contribution in [0.15, 0.2) is 91.0 Å². The average Bonchev–Trinajstić information content (AvgIpc) is 3.08. The number of aliphatic hydroxyl groups is 1. The van der Waals surface area contributed by atoms with Crippen molar-refractivity contribution < 1.29 is 33.8 Å². The molecule has 50 heavy (non-hydrogen) atoms. The second-order valence-electron chi connectivity index (χ2n) is 12.7. The van der Waals surface area contributed by atoms with Crippen LogP contribution >= 0.6 is 0 Å². The Bertz CT molecular complexity index is 1760. The summed E-state index contributed by atoms with van der Waals surface area (Å²) in [6, 6.07) is 24.3. The third-order valence-electron chi connectivity index (χ3n) is 7.57. The number of aromatic nitrogens is 1. The van der Waals surface area contributed by atoms with E-state index in [2.05, 4.69) is 21.0 Å². The van der Waals surface area contributed by atoms with Crippen molar-refractivity contribution in [3.05, 3.63) is 108 Å². The molecule has 3 atom stereocenters. The number of nitrogens with zero attached hydrogens (tertiary/aromatic N) is 2. The number of hydrazine groups is 1. The fraction of sp³-hybridized carbons (Fsp3) is 0.324. The molecular formula is C37H44N6O7. The van der Waals surface area contributed by atoms with Gasteiger partial charge >= 0.3 is 6.09 Å². The molecule has 1 heterocycles. The van der Waals surface area contributed by atoms with Crippen LogP contribution in [0, 0.1) is 0 Å². The zero-order valence-electron chi connectivity index (χ0n) is 28.6. The number of para-hydroxylation sites is 1. The van der Waals surface area contributed by atoms with Crippen LogP contribution in [0.3, 0.4) is 0 Å². The van der Waals surface area contributed by atoms with Gasteiger partial charge in [0.15, 0.2) is 0 Å². The summed E-state index contributed by atoms with van der Waals surface area (Å²) in [5.41, 5.74) is 9.56. The Hall–Kier alpha value is -5.53. The Labute approximate surface area is 291 Å². The third-order valence-corrected chi connectivity index (χ3v) is 7.57. The summed E-state index contributed by atoms with van der Waals surface area (Å²) in [6.07, 6.45) is -2.25. The van der Waals surface area contributed by atoms with Crippen LogP contribution in [0.4, 0.5) is 4.79 Å². The molecule has 13 nitrogen and oxygen atoms in total. The van der Waals surface area contributed by atoms with Gasteiger partial charge in [-0.1, -0.05) is 66.7 Å². The first-order valence-corrected chi connectivity index (χ1v) is 16.2. The largest absolute Gasteiger partial charge is 0.497 e. The van der Waals surface area contributed by atoms with E-state index in [0.29, 0.717) is 16.8 Å². The van der Waals surface area contributed by atoms with E-state index in [-0.39, 0.29) is 25.2 Å². The summed E-state index contributed by atoms with van der Waals surface area (Å²) >= 11 is 0. The fourth-order valence-electron chi connectivity index (χ4n) is 5.16. The Kier molecular flexibility index (Phi) is 12.8. The summed E-state index contributed by atoms with van der Waals surface area (Å²) in [5, 5.41) is 19.4. The number of ether oxygens (including phenoxy) is 2. The molecule has 0 aliphatic heterocycles. The number of benzene rings is 3. The first kappa shape index (κ1) is 37.3. The Morgan fingerprint density at radius 1 is 0.900 bits per heavy atom. The van der Waals surface area contributed by atoms with Crippen molar-refractivity contribution in [3.63, 3.8) is 0 Å². The molecule has 0 saturated carbocycles. The molecule has 0 aliphatic carbocycles. The zero-order valence-corrected chi connectivity index (χ0v) is 28.6. The lowest BCUT2D eigenvalue weighted by Crippen LogP contribution is -2.51. The molecule has 0 saturated heterocycles. The standard InChI is InChI=1S/C37H44N6O7/c1-37(2,3)50-36(48)42-43(23-24-14-17-27(49-4)18-15-24)21-20-31(44)33(26-11-6-5-7-12-26)41-35(47)30(22-32(38)45)40-34(46)29-19-16-25-10-8-9-13-28(25)39-29/h5-19,30-31,33,44H,20-23H2,1-4H3,(H2,38,45)(H,40,46)(H,41,47)(H,42,48). The van der Waals surface area contributed by atoms with Gasteiger partial charge in [-0.15, -0.1) is 0 Å². The molecular weight excluding hydrogens is 640 g/mol. The van der Waals surface area contributed by atoms with Gasteiger partial charge in [0.05, 0.1) is 31.2 Å². The van der Waals surface area contributed by atoms with E-state index < -0.39 is 54.0 Å². The highest BCUT2D eigenvalue weighted by molar-refractivity contribution is 5.99. The van der Waals surface area contributed by atoms with E-state index in [9.17, 15) is 24.3 Å². The molecule has 6 N–H and O–H groups in total. The second kappa shape index (κ2) is 17.2. The molecule has 4 amide bonds. The maximum atomic E-state index is 13.7. The lowest BCUT2D eigenvalue weighted by molar-refractivity contribution is -0.128. The van der Waals surface area contributed by atoms with Gasteiger partial charge in [-0.05, 0) is 62.6 Å². The van der Waals surface area contributed by atoms with Crippen LogP contribution in [0.5, 0.6) is 5.75 Å². The van der Waals surface area contributed by atoms with Crippen LogP contribution in [-0.4, -0.2) is 70.3 Å². The minimum absolute atomic E-state index is 0.0556. The number of carbonyl (C=O) groups excluding carboxylic acids is 4. The number of aliphatic hydroxyl groups excluding tert-OH is 1. The van der Waals surface area contributed by atoms with Crippen molar-refractivity contribution in [2.24, 2.45) is 5.73 Å². The Morgan fingerprint density at radius 2 is 1.58 bits per heavy atom. The maximum Gasteiger partial charge on any atom is 0.422 e. The molecule has 3 aromatic carbocycles. The molecule has 0 bridgehead atoms. The molecule has 0 aliphatic rings. The van der Waals surface area contributed by atoms with Gasteiger partial charge in [0.2, 0.25) is 11.8 Å². The highest BCUT2D eigenvalue weighted by Crippen LogP contribution is 2.21. The van der Waals surface area contributed by atoms with E-state index >= 15 is 0 Å². The number of methoxy groups -OCH3 is 1. The first-order valence-electron chi connectivity index (χ1n) is 16.2. The molecule has 0 radical (unpaired) electrons. The minimum Gasteiger partial charge on any atom is -0.497 e. The number of rotatable bonds is 15. The van der Waals surface area contributed by atoms with Crippen LogP contribution in [0.2, 0.25) is 0 Å².